The van der Waals surface area contributed by atoms with Gasteiger partial charge < -0.3 is 14.2 Å². The predicted molar refractivity (Wildman–Crippen MR) is 84.1 cm³/mol. The molecule has 2 bridgehead atoms. The zero-order valence-electron chi connectivity index (χ0n) is 12.7. The molecule has 0 spiro atoms. The molecule has 4 fully saturated rings. The molecule has 0 saturated carbocycles. The van der Waals surface area contributed by atoms with E-state index in [0.29, 0.717) is 11.8 Å². The van der Waals surface area contributed by atoms with Gasteiger partial charge in [-0.1, -0.05) is 0 Å². The summed E-state index contributed by atoms with van der Waals surface area (Å²) in [6, 6.07) is 3.97. The highest BCUT2D eigenvalue weighted by molar-refractivity contribution is 6.29. The summed E-state index contributed by atoms with van der Waals surface area (Å²) in [5.41, 5.74) is 0. The molecule has 5 heterocycles. The van der Waals surface area contributed by atoms with Gasteiger partial charge in [-0.3, -0.25) is 9.69 Å². The summed E-state index contributed by atoms with van der Waals surface area (Å²) < 4.78 is 5.24. The van der Waals surface area contributed by atoms with Crippen LogP contribution in [0.1, 0.15) is 23.4 Å². The first kappa shape index (κ1) is 14.5. The van der Waals surface area contributed by atoms with E-state index in [1.54, 1.807) is 12.1 Å². The molecule has 4 aliphatic heterocycles. The molecule has 120 valence electrons. The van der Waals surface area contributed by atoms with E-state index in [4.69, 9.17) is 16.0 Å². The fourth-order valence-corrected chi connectivity index (χ4v) is 4.34. The number of hydrogen-bond acceptors (Lipinski definition) is 4. The molecule has 1 aromatic rings. The van der Waals surface area contributed by atoms with E-state index >= 15 is 0 Å². The van der Waals surface area contributed by atoms with Crippen molar-refractivity contribution >= 4 is 17.5 Å². The predicted octanol–water partition coefficient (Wildman–Crippen LogP) is 1.79. The number of rotatable bonds is 2. The maximum absolute atomic E-state index is 12.4. The van der Waals surface area contributed by atoms with E-state index < -0.39 is 0 Å². The van der Waals surface area contributed by atoms with Crippen LogP contribution in [0.2, 0.25) is 5.22 Å². The van der Waals surface area contributed by atoms with Crippen molar-refractivity contribution in [2.75, 3.05) is 45.8 Å². The molecule has 0 aliphatic carbocycles. The van der Waals surface area contributed by atoms with Gasteiger partial charge in [0.05, 0.1) is 0 Å². The second kappa shape index (κ2) is 5.87. The molecule has 22 heavy (non-hydrogen) atoms. The van der Waals surface area contributed by atoms with Gasteiger partial charge in [0.2, 0.25) is 0 Å². The Kier molecular flexibility index (Phi) is 3.88. The molecule has 1 atom stereocenters. The maximum Gasteiger partial charge on any atom is 0.289 e. The average molecular weight is 324 g/mol. The Morgan fingerprint density at radius 2 is 1.82 bits per heavy atom. The number of carbonyl (C=O) groups is 1. The average Bonchev–Trinajstić information content (AvgIpc) is 3.02. The van der Waals surface area contributed by atoms with Crippen molar-refractivity contribution in [3.63, 3.8) is 0 Å². The van der Waals surface area contributed by atoms with E-state index in [2.05, 4.69) is 9.80 Å². The Bertz CT molecular complexity index is 545. The quantitative estimate of drug-likeness (QED) is 0.832. The number of amides is 1. The molecule has 4 saturated heterocycles. The Hall–Kier alpha value is -1.04. The summed E-state index contributed by atoms with van der Waals surface area (Å²) in [5, 5.41) is 0.272. The van der Waals surface area contributed by atoms with Gasteiger partial charge in [0.15, 0.2) is 11.0 Å². The molecule has 0 N–H and O–H groups in total. The van der Waals surface area contributed by atoms with Gasteiger partial charge in [-0.25, -0.2) is 0 Å². The van der Waals surface area contributed by atoms with Crippen molar-refractivity contribution in [3.8, 4) is 0 Å². The zero-order chi connectivity index (χ0) is 15.1. The van der Waals surface area contributed by atoms with Crippen LogP contribution < -0.4 is 0 Å². The largest absolute Gasteiger partial charge is 0.440 e. The third-order valence-corrected chi connectivity index (χ3v) is 5.68. The first-order chi connectivity index (χ1) is 10.7. The van der Waals surface area contributed by atoms with Gasteiger partial charge in [-0.05, 0) is 55.6 Å². The molecule has 6 heteroatoms. The van der Waals surface area contributed by atoms with Gasteiger partial charge >= 0.3 is 0 Å². The highest BCUT2D eigenvalue weighted by Gasteiger charge is 2.38. The van der Waals surface area contributed by atoms with E-state index in [1.165, 1.54) is 32.5 Å². The third-order valence-electron chi connectivity index (χ3n) is 5.48. The Morgan fingerprint density at radius 1 is 1.09 bits per heavy atom. The van der Waals surface area contributed by atoms with E-state index in [9.17, 15) is 4.79 Å². The van der Waals surface area contributed by atoms with Gasteiger partial charge in [0.25, 0.3) is 5.91 Å². The third kappa shape index (κ3) is 2.66. The van der Waals surface area contributed by atoms with Crippen LogP contribution in [0.15, 0.2) is 16.5 Å². The van der Waals surface area contributed by atoms with Crippen LogP contribution in [-0.2, 0) is 0 Å². The van der Waals surface area contributed by atoms with Crippen molar-refractivity contribution in [2.24, 2.45) is 5.92 Å². The number of halogens is 1. The molecule has 0 aromatic carbocycles. The number of fused-ring (bicyclic) bond motifs is 3. The lowest BCUT2D eigenvalue weighted by Gasteiger charge is -2.50. The summed E-state index contributed by atoms with van der Waals surface area (Å²) in [6.07, 6.45) is 2.68. The SMILES string of the molecule is O=C(c1ccc(Cl)o1)N1CCN([C@H]2CN3CCC2CC3)CC1. The van der Waals surface area contributed by atoms with Crippen molar-refractivity contribution < 1.29 is 9.21 Å². The van der Waals surface area contributed by atoms with Crippen LogP contribution in [0, 0.1) is 5.92 Å². The summed E-state index contributed by atoms with van der Waals surface area (Å²) in [4.78, 5) is 19.4. The smallest absolute Gasteiger partial charge is 0.289 e. The molecular weight excluding hydrogens is 302 g/mol. The minimum absolute atomic E-state index is 0.0412. The van der Waals surface area contributed by atoms with Crippen molar-refractivity contribution in [1.29, 1.82) is 0 Å². The summed E-state index contributed by atoms with van der Waals surface area (Å²) in [5.74, 6) is 1.16. The fourth-order valence-electron chi connectivity index (χ4n) is 4.19. The van der Waals surface area contributed by atoms with Crippen molar-refractivity contribution in [3.05, 3.63) is 23.1 Å². The Balaban J connectivity index is 1.35. The number of nitrogens with zero attached hydrogens (tertiary/aromatic N) is 3. The number of piperidine rings is 3. The van der Waals surface area contributed by atoms with Crippen molar-refractivity contribution in [1.82, 2.24) is 14.7 Å². The van der Waals surface area contributed by atoms with Crippen LogP contribution in [-0.4, -0.2) is 72.5 Å². The van der Waals surface area contributed by atoms with Crippen molar-refractivity contribution in [2.45, 2.75) is 18.9 Å². The van der Waals surface area contributed by atoms with Gasteiger partial charge in [0, 0.05) is 38.8 Å². The molecule has 4 aliphatic rings. The fraction of sp³-hybridized carbons (Fsp3) is 0.688. The highest BCUT2D eigenvalue weighted by Crippen LogP contribution is 2.31. The topological polar surface area (TPSA) is 39.9 Å². The maximum atomic E-state index is 12.4. The Labute approximate surface area is 135 Å². The minimum Gasteiger partial charge on any atom is -0.440 e. The lowest BCUT2D eigenvalue weighted by atomic mass is 9.83. The normalized spacial score (nSPS) is 32.4. The highest BCUT2D eigenvalue weighted by atomic mass is 35.5. The van der Waals surface area contributed by atoms with E-state index in [0.717, 1.165) is 32.1 Å². The molecule has 0 unspecified atom stereocenters. The Morgan fingerprint density at radius 3 is 2.36 bits per heavy atom. The van der Waals surface area contributed by atoms with Crippen LogP contribution in [0.4, 0.5) is 0 Å². The minimum atomic E-state index is -0.0412. The molecular formula is C16H22ClN3O2. The standard InChI is InChI=1S/C16H22ClN3O2/c17-15-2-1-14(22-15)16(21)20-9-7-19(8-10-20)13-11-18-5-3-12(13)4-6-18/h1-2,12-13H,3-11H2/t13-/m0/s1. The summed E-state index contributed by atoms with van der Waals surface area (Å²) in [7, 11) is 0. The first-order valence-corrected chi connectivity index (χ1v) is 8.59. The molecule has 5 rings (SSSR count). The number of carbonyl (C=O) groups excluding carboxylic acids is 1. The molecule has 5 nitrogen and oxygen atoms in total. The van der Waals surface area contributed by atoms with Crippen LogP contribution in [0.5, 0.6) is 0 Å². The van der Waals surface area contributed by atoms with Gasteiger partial charge in [-0.2, -0.15) is 0 Å². The number of hydrogen-bond donors (Lipinski definition) is 0. The number of piperazine rings is 1. The molecule has 1 amide bonds. The zero-order valence-corrected chi connectivity index (χ0v) is 13.5. The van der Waals surface area contributed by atoms with Gasteiger partial charge in [0.1, 0.15) is 0 Å². The van der Waals surface area contributed by atoms with E-state index in [-0.39, 0.29) is 11.1 Å². The van der Waals surface area contributed by atoms with E-state index in [1.807, 2.05) is 4.90 Å². The summed E-state index contributed by atoms with van der Waals surface area (Å²) in [6.45, 7) is 7.26. The first-order valence-electron chi connectivity index (χ1n) is 8.22. The lowest BCUT2D eigenvalue weighted by molar-refractivity contribution is -0.0135. The van der Waals surface area contributed by atoms with Crippen LogP contribution in [0.25, 0.3) is 0 Å². The van der Waals surface area contributed by atoms with Crippen LogP contribution >= 0.6 is 11.6 Å². The molecule has 0 radical (unpaired) electrons. The second-order valence-corrected chi connectivity index (χ2v) is 7.01. The monoisotopic (exact) mass is 323 g/mol. The molecule has 1 aromatic heterocycles. The van der Waals surface area contributed by atoms with Gasteiger partial charge in [-0.15, -0.1) is 0 Å². The number of furan rings is 1. The van der Waals surface area contributed by atoms with Crippen LogP contribution in [0.3, 0.4) is 0 Å². The lowest BCUT2D eigenvalue weighted by Crippen LogP contribution is -2.61. The second-order valence-electron chi connectivity index (χ2n) is 6.64. The summed E-state index contributed by atoms with van der Waals surface area (Å²) >= 11 is 5.75.